The first-order valence-corrected chi connectivity index (χ1v) is 11.8. The van der Waals surface area contributed by atoms with Gasteiger partial charge in [-0.1, -0.05) is 23.7 Å². The Hall–Kier alpha value is -2.68. The van der Waals surface area contributed by atoms with Crippen molar-refractivity contribution in [3.05, 3.63) is 75.6 Å². The maximum atomic E-state index is 13.5. The van der Waals surface area contributed by atoms with Crippen LogP contribution in [0.1, 0.15) is 30.1 Å². The van der Waals surface area contributed by atoms with Crippen molar-refractivity contribution in [1.82, 2.24) is 14.9 Å². The minimum absolute atomic E-state index is 0.132. The fraction of sp³-hybridized carbons (Fsp3) is 0.250. The molecule has 2 aromatic carbocycles. The summed E-state index contributed by atoms with van der Waals surface area (Å²) in [5.41, 5.74) is 8.45. The molecule has 2 N–H and O–H groups in total. The summed E-state index contributed by atoms with van der Waals surface area (Å²) in [7, 11) is 0. The molecule has 0 radical (unpaired) electrons. The van der Waals surface area contributed by atoms with E-state index in [1.165, 1.54) is 35.6 Å². The quantitative estimate of drug-likeness (QED) is 0.361. The fourth-order valence-electron chi connectivity index (χ4n) is 4.38. The number of anilines is 1. The maximum absolute atomic E-state index is 13.5. The van der Waals surface area contributed by atoms with E-state index in [0.717, 1.165) is 43.1 Å². The topological polar surface area (TPSA) is 55.0 Å². The van der Waals surface area contributed by atoms with Crippen LogP contribution in [0.5, 0.6) is 0 Å². The molecular weight excluding hydrogens is 469 g/mol. The molecule has 0 unspecified atom stereocenters. The van der Waals surface area contributed by atoms with E-state index in [0.29, 0.717) is 38.3 Å². The van der Waals surface area contributed by atoms with Crippen molar-refractivity contribution in [3.63, 3.8) is 0 Å². The van der Waals surface area contributed by atoms with Gasteiger partial charge in [-0.05, 0) is 61.3 Å². The molecule has 1 saturated heterocycles. The highest BCUT2D eigenvalue weighted by atomic mass is 35.5. The summed E-state index contributed by atoms with van der Waals surface area (Å²) < 4.78 is 40.8. The summed E-state index contributed by atoms with van der Waals surface area (Å²) in [5.74, 6) is -0.282. The molecule has 4 nitrogen and oxygen atoms in total. The molecular formula is C24H20ClF3N4S. The molecule has 4 aromatic rings. The fourth-order valence-corrected chi connectivity index (χ4v) is 5.75. The van der Waals surface area contributed by atoms with Gasteiger partial charge in [0.05, 0.1) is 5.39 Å². The van der Waals surface area contributed by atoms with Crippen molar-refractivity contribution >= 4 is 39.0 Å². The number of likely N-dealkylation sites (tertiary alicyclic amines) is 1. The van der Waals surface area contributed by atoms with Crippen LogP contribution in [0.25, 0.3) is 21.3 Å². The van der Waals surface area contributed by atoms with Crippen LogP contribution in [-0.4, -0.2) is 28.0 Å². The average Bonchev–Trinajstić information content (AvgIpc) is 3.10. The van der Waals surface area contributed by atoms with Gasteiger partial charge in [0.25, 0.3) is 0 Å². The molecule has 0 aliphatic carbocycles. The number of benzene rings is 2. The maximum Gasteiger partial charge on any atom is 0.136 e. The van der Waals surface area contributed by atoms with Gasteiger partial charge in [-0.15, -0.1) is 11.3 Å². The standard InChI is InChI=1S/C24H20ClF3N4S/c25-21-19(14-1-3-16(26)4-2-14)20-22(29)30-23(31-24(20)33-21)15-5-7-32(8-6-15)12-13-9-17(27)11-18(28)10-13/h1-4,9-11,15H,5-8,12H2,(H2,29,30,31). The number of nitrogens with two attached hydrogens (primary N) is 1. The summed E-state index contributed by atoms with van der Waals surface area (Å²) in [6.45, 7) is 2.01. The van der Waals surface area contributed by atoms with Crippen LogP contribution < -0.4 is 5.73 Å². The smallest absolute Gasteiger partial charge is 0.136 e. The zero-order chi connectivity index (χ0) is 23.1. The third-order valence-corrected chi connectivity index (χ3v) is 7.26. The number of halogens is 4. The lowest BCUT2D eigenvalue weighted by molar-refractivity contribution is 0.201. The largest absolute Gasteiger partial charge is 0.383 e. The average molecular weight is 489 g/mol. The molecule has 0 atom stereocenters. The number of rotatable bonds is 4. The van der Waals surface area contributed by atoms with Gasteiger partial charge < -0.3 is 5.73 Å². The van der Waals surface area contributed by atoms with Crippen LogP contribution >= 0.6 is 22.9 Å². The Morgan fingerprint density at radius 3 is 2.30 bits per heavy atom. The summed E-state index contributed by atoms with van der Waals surface area (Å²) >= 11 is 7.85. The highest BCUT2D eigenvalue weighted by Gasteiger charge is 2.26. The molecule has 3 heterocycles. The van der Waals surface area contributed by atoms with E-state index in [9.17, 15) is 13.2 Å². The predicted molar refractivity (Wildman–Crippen MR) is 126 cm³/mol. The number of hydrogen-bond acceptors (Lipinski definition) is 5. The van der Waals surface area contributed by atoms with E-state index in [2.05, 4.69) is 9.88 Å². The molecule has 170 valence electrons. The van der Waals surface area contributed by atoms with Gasteiger partial charge in [0.1, 0.15) is 38.3 Å². The van der Waals surface area contributed by atoms with Gasteiger partial charge in [0.2, 0.25) is 0 Å². The Labute approximate surface area is 197 Å². The van der Waals surface area contributed by atoms with Crippen LogP contribution in [-0.2, 0) is 6.54 Å². The molecule has 9 heteroatoms. The number of aromatic nitrogens is 2. The van der Waals surface area contributed by atoms with E-state index in [1.54, 1.807) is 12.1 Å². The second-order valence-electron chi connectivity index (χ2n) is 8.23. The van der Waals surface area contributed by atoms with Crippen molar-refractivity contribution in [2.45, 2.75) is 25.3 Å². The van der Waals surface area contributed by atoms with Crippen molar-refractivity contribution in [2.75, 3.05) is 18.8 Å². The normalized spacial score (nSPS) is 15.4. The lowest BCUT2D eigenvalue weighted by Crippen LogP contribution is -2.33. The van der Waals surface area contributed by atoms with E-state index in [-0.39, 0.29) is 11.7 Å². The van der Waals surface area contributed by atoms with Gasteiger partial charge in [0, 0.05) is 24.1 Å². The van der Waals surface area contributed by atoms with E-state index in [4.69, 9.17) is 22.3 Å². The highest BCUT2D eigenvalue weighted by Crippen LogP contribution is 2.44. The second-order valence-corrected chi connectivity index (χ2v) is 9.83. The molecule has 33 heavy (non-hydrogen) atoms. The predicted octanol–water partition coefficient (Wildman–Crippen LogP) is 6.39. The first-order chi connectivity index (χ1) is 15.9. The Morgan fingerprint density at radius 2 is 1.64 bits per heavy atom. The van der Waals surface area contributed by atoms with Gasteiger partial charge >= 0.3 is 0 Å². The van der Waals surface area contributed by atoms with Crippen LogP contribution in [0.4, 0.5) is 19.0 Å². The Bertz CT molecular complexity index is 1300. The van der Waals surface area contributed by atoms with Crippen molar-refractivity contribution in [3.8, 4) is 11.1 Å². The molecule has 1 fully saturated rings. The number of nitrogen functional groups attached to an aromatic ring is 1. The summed E-state index contributed by atoms with van der Waals surface area (Å²) in [6, 6.07) is 9.70. The Kier molecular flexibility index (Phi) is 5.99. The Balaban J connectivity index is 1.35. The first kappa shape index (κ1) is 22.1. The number of hydrogen-bond donors (Lipinski definition) is 1. The monoisotopic (exact) mass is 488 g/mol. The summed E-state index contributed by atoms with van der Waals surface area (Å²) in [6.07, 6.45) is 1.62. The molecule has 2 aromatic heterocycles. The lowest BCUT2D eigenvalue weighted by atomic mass is 9.95. The molecule has 0 saturated carbocycles. The SMILES string of the molecule is Nc1nc(C2CCN(Cc3cc(F)cc(F)c3)CC2)nc2sc(Cl)c(-c3ccc(F)cc3)c12. The van der Waals surface area contributed by atoms with Gasteiger partial charge in [-0.2, -0.15) is 0 Å². The number of piperidine rings is 1. The zero-order valence-corrected chi connectivity index (χ0v) is 19.1. The van der Waals surface area contributed by atoms with Gasteiger partial charge in [-0.25, -0.2) is 23.1 Å². The van der Waals surface area contributed by atoms with Crippen molar-refractivity contribution < 1.29 is 13.2 Å². The number of thiophene rings is 1. The zero-order valence-electron chi connectivity index (χ0n) is 17.5. The Morgan fingerprint density at radius 1 is 0.970 bits per heavy atom. The van der Waals surface area contributed by atoms with Crippen molar-refractivity contribution in [2.24, 2.45) is 0 Å². The summed E-state index contributed by atoms with van der Waals surface area (Å²) in [5, 5.41) is 0.686. The first-order valence-electron chi connectivity index (χ1n) is 10.6. The minimum Gasteiger partial charge on any atom is -0.383 e. The molecule has 1 aliphatic heterocycles. The second kappa shape index (κ2) is 8.93. The van der Waals surface area contributed by atoms with E-state index >= 15 is 0 Å². The lowest BCUT2D eigenvalue weighted by Gasteiger charge is -2.31. The molecule has 0 bridgehead atoms. The molecule has 0 amide bonds. The van der Waals surface area contributed by atoms with Crippen LogP contribution in [0.15, 0.2) is 42.5 Å². The highest BCUT2D eigenvalue weighted by molar-refractivity contribution is 7.23. The number of nitrogens with zero attached hydrogens (tertiary/aromatic N) is 3. The summed E-state index contributed by atoms with van der Waals surface area (Å²) in [4.78, 5) is 12.2. The minimum atomic E-state index is -0.563. The van der Waals surface area contributed by atoms with Gasteiger partial charge in [-0.3, -0.25) is 4.90 Å². The van der Waals surface area contributed by atoms with Crippen LogP contribution in [0.2, 0.25) is 4.34 Å². The van der Waals surface area contributed by atoms with Crippen molar-refractivity contribution in [1.29, 1.82) is 0 Å². The molecule has 1 aliphatic rings. The van der Waals surface area contributed by atoms with E-state index in [1.807, 2.05) is 0 Å². The van der Waals surface area contributed by atoms with Gasteiger partial charge in [0.15, 0.2) is 0 Å². The third-order valence-electron chi connectivity index (χ3n) is 5.97. The van der Waals surface area contributed by atoms with Crippen LogP contribution in [0, 0.1) is 17.5 Å². The number of fused-ring (bicyclic) bond motifs is 1. The molecule has 5 rings (SSSR count). The van der Waals surface area contributed by atoms with Crippen LogP contribution in [0.3, 0.4) is 0 Å². The third kappa shape index (κ3) is 4.55. The molecule has 0 spiro atoms. The van der Waals surface area contributed by atoms with E-state index < -0.39 is 11.6 Å².